The lowest BCUT2D eigenvalue weighted by atomic mass is 10.3. The minimum absolute atomic E-state index is 0.00875. The molecule has 1 aromatic carbocycles. The number of ether oxygens (including phenoxy) is 2. The molecule has 0 amide bonds. The van der Waals surface area contributed by atoms with Crippen molar-refractivity contribution in [3.05, 3.63) is 38.3 Å². The molecule has 0 aliphatic rings. The third kappa shape index (κ3) is 2.86. The SMILES string of the molecule is COc1ccc([N+](=O)[O-])c(Oc2nc(Cl)c(C=O)s2)c1. The van der Waals surface area contributed by atoms with E-state index in [0.717, 1.165) is 11.3 Å². The van der Waals surface area contributed by atoms with Crippen molar-refractivity contribution in [2.24, 2.45) is 0 Å². The van der Waals surface area contributed by atoms with Crippen molar-refractivity contribution in [2.75, 3.05) is 7.11 Å². The highest BCUT2D eigenvalue weighted by Gasteiger charge is 2.19. The van der Waals surface area contributed by atoms with Crippen LogP contribution in [0, 0.1) is 10.1 Å². The number of rotatable bonds is 5. The van der Waals surface area contributed by atoms with Crippen LogP contribution in [0.25, 0.3) is 0 Å². The highest BCUT2D eigenvalue weighted by molar-refractivity contribution is 7.15. The molecule has 0 atom stereocenters. The van der Waals surface area contributed by atoms with E-state index in [-0.39, 0.29) is 26.7 Å². The van der Waals surface area contributed by atoms with Crippen LogP contribution in [0.5, 0.6) is 16.7 Å². The van der Waals surface area contributed by atoms with Crippen molar-refractivity contribution in [3.63, 3.8) is 0 Å². The first-order valence-electron chi connectivity index (χ1n) is 5.17. The maximum Gasteiger partial charge on any atom is 0.311 e. The molecule has 1 heterocycles. The van der Waals surface area contributed by atoms with E-state index in [2.05, 4.69) is 4.98 Å². The van der Waals surface area contributed by atoms with Gasteiger partial charge in [-0.25, -0.2) is 0 Å². The zero-order valence-electron chi connectivity index (χ0n) is 10.0. The number of benzene rings is 1. The van der Waals surface area contributed by atoms with Gasteiger partial charge in [-0.3, -0.25) is 14.9 Å². The van der Waals surface area contributed by atoms with Gasteiger partial charge in [-0.05, 0) is 6.07 Å². The number of aldehydes is 1. The fraction of sp³-hybridized carbons (Fsp3) is 0.0909. The van der Waals surface area contributed by atoms with Crippen LogP contribution in [-0.2, 0) is 0 Å². The van der Waals surface area contributed by atoms with Gasteiger partial charge in [0.25, 0.3) is 5.19 Å². The zero-order valence-corrected chi connectivity index (χ0v) is 11.6. The van der Waals surface area contributed by atoms with E-state index in [1.165, 1.54) is 25.3 Å². The van der Waals surface area contributed by atoms with Crippen molar-refractivity contribution < 1.29 is 19.2 Å². The smallest absolute Gasteiger partial charge is 0.311 e. The number of methoxy groups -OCH3 is 1. The molecule has 0 spiro atoms. The van der Waals surface area contributed by atoms with E-state index in [1.54, 1.807) is 0 Å². The van der Waals surface area contributed by atoms with Crippen molar-refractivity contribution in [1.29, 1.82) is 0 Å². The lowest BCUT2D eigenvalue weighted by Gasteiger charge is -2.05. The summed E-state index contributed by atoms with van der Waals surface area (Å²) in [6.45, 7) is 0. The first-order valence-corrected chi connectivity index (χ1v) is 6.36. The number of hydrogen-bond donors (Lipinski definition) is 0. The van der Waals surface area contributed by atoms with Gasteiger partial charge in [-0.2, -0.15) is 4.98 Å². The second-order valence-electron chi connectivity index (χ2n) is 3.45. The van der Waals surface area contributed by atoms with Gasteiger partial charge in [-0.15, -0.1) is 0 Å². The van der Waals surface area contributed by atoms with Crippen LogP contribution in [-0.4, -0.2) is 23.3 Å². The van der Waals surface area contributed by atoms with E-state index in [0.29, 0.717) is 12.0 Å². The fourth-order valence-electron chi connectivity index (χ4n) is 1.36. The summed E-state index contributed by atoms with van der Waals surface area (Å²) >= 11 is 6.59. The fourth-order valence-corrected chi connectivity index (χ4v) is 2.28. The average Bonchev–Trinajstić information content (AvgIpc) is 2.78. The summed E-state index contributed by atoms with van der Waals surface area (Å²) in [6, 6.07) is 4.05. The van der Waals surface area contributed by atoms with Crippen molar-refractivity contribution >= 4 is 34.9 Å². The van der Waals surface area contributed by atoms with E-state index in [9.17, 15) is 14.9 Å². The quantitative estimate of drug-likeness (QED) is 0.477. The molecule has 1 aromatic heterocycles. The van der Waals surface area contributed by atoms with Crippen LogP contribution in [0.15, 0.2) is 18.2 Å². The second kappa shape index (κ2) is 5.85. The summed E-state index contributed by atoms with van der Waals surface area (Å²) in [4.78, 5) is 25.0. The van der Waals surface area contributed by atoms with Crippen LogP contribution >= 0.6 is 22.9 Å². The topological polar surface area (TPSA) is 91.6 Å². The summed E-state index contributed by atoms with van der Waals surface area (Å²) in [5.74, 6) is 0.348. The Morgan fingerprint density at radius 3 is 2.80 bits per heavy atom. The third-order valence-electron chi connectivity index (χ3n) is 2.26. The summed E-state index contributed by atoms with van der Waals surface area (Å²) in [7, 11) is 1.43. The highest BCUT2D eigenvalue weighted by Crippen LogP contribution is 2.37. The van der Waals surface area contributed by atoms with Crippen molar-refractivity contribution in [2.45, 2.75) is 0 Å². The number of nitrogens with zero attached hydrogens (tertiary/aromatic N) is 2. The number of halogens is 1. The molecule has 2 aromatic rings. The molecule has 20 heavy (non-hydrogen) atoms. The normalized spacial score (nSPS) is 10.1. The predicted octanol–water partition coefficient (Wildman–Crippen LogP) is 3.32. The molecule has 0 bridgehead atoms. The minimum atomic E-state index is -0.593. The number of carbonyl (C=O) groups is 1. The molecule has 2 rings (SSSR count). The molecule has 0 aliphatic carbocycles. The molecule has 0 radical (unpaired) electrons. The van der Waals surface area contributed by atoms with Gasteiger partial charge in [0.05, 0.1) is 12.0 Å². The van der Waals surface area contributed by atoms with E-state index in [4.69, 9.17) is 21.1 Å². The summed E-state index contributed by atoms with van der Waals surface area (Å²) < 4.78 is 10.3. The average molecular weight is 315 g/mol. The Kier molecular flexibility index (Phi) is 4.16. The number of nitro benzene ring substituents is 1. The molecule has 104 valence electrons. The first kappa shape index (κ1) is 14.2. The van der Waals surface area contributed by atoms with Crippen molar-refractivity contribution in [1.82, 2.24) is 4.98 Å². The highest BCUT2D eigenvalue weighted by atomic mass is 35.5. The maximum atomic E-state index is 10.9. The molecule has 0 saturated heterocycles. The van der Waals surface area contributed by atoms with E-state index < -0.39 is 4.92 Å². The zero-order chi connectivity index (χ0) is 14.7. The van der Waals surface area contributed by atoms with Crippen LogP contribution in [0.4, 0.5) is 5.69 Å². The Balaban J connectivity index is 2.39. The molecule has 0 aliphatic heterocycles. The minimum Gasteiger partial charge on any atom is -0.497 e. The van der Waals surface area contributed by atoms with Gasteiger partial charge in [0.15, 0.2) is 11.4 Å². The van der Waals surface area contributed by atoms with Crippen LogP contribution < -0.4 is 9.47 Å². The van der Waals surface area contributed by atoms with Crippen LogP contribution in [0.2, 0.25) is 5.15 Å². The Labute approximate surface area is 121 Å². The third-order valence-corrected chi connectivity index (χ3v) is 3.52. The number of nitro groups is 1. The molecule has 0 fully saturated rings. The number of thiazole rings is 1. The Hall–Kier alpha value is -2.19. The van der Waals surface area contributed by atoms with Crippen LogP contribution in [0.1, 0.15) is 9.67 Å². The Morgan fingerprint density at radius 1 is 1.50 bits per heavy atom. The van der Waals surface area contributed by atoms with Gasteiger partial charge in [-0.1, -0.05) is 22.9 Å². The predicted molar refractivity (Wildman–Crippen MR) is 72.2 cm³/mol. The lowest BCUT2D eigenvalue weighted by Crippen LogP contribution is -1.94. The molecule has 7 nitrogen and oxygen atoms in total. The molecule has 9 heteroatoms. The molecular formula is C11H7ClN2O5S. The van der Waals surface area contributed by atoms with E-state index >= 15 is 0 Å². The van der Waals surface area contributed by atoms with Gasteiger partial charge in [0, 0.05) is 12.1 Å². The first-order chi connectivity index (χ1) is 9.55. The number of carbonyl (C=O) groups excluding carboxylic acids is 1. The van der Waals surface area contributed by atoms with Gasteiger partial charge in [0.1, 0.15) is 10.6 Å². The largest absolute Gasteiger partial charge is 0.497 e. The standard InChI is InChI=1S/C11H7ClN2O5S/c1-18-6-2-3-7(14(16)17)8(4-6)19-11-13-10(12)9(5-15)20-11/h2-5H,1H3. The Bertz CT molecular complexity index is 673. The summed E-state index contributed by atoms with van der Waals surface area (Å²) in [6.07, 6.45) is 0.535. The number of aromatic nitrogens is 1. The molecule has 0 N–H and O–H groups in total. The summed E-state index contributed by atoms with van der Waals surface area (Å²) in [5.41, 5.74) is -0.246. The number of hydrogen-bond acceptors (Lipinski definition) is 7. The monoisotopic (exact) mass is 314 g/mol. The lowest BCUT2D eigenvalue weighted by molar-refractivity contribution is -0.385. The van der Waals surface area contributed by atoms with E-state index in [1.807, 2.05) is 0 Å². The molecular weight excluding hydrogens is 308 g/mol. The van der Waals surface area contributed by atoms with Crippen molar-refractivity contribution in [3.8, 4) is 16.7 Å². The molecule has 0 saturated carbocycles. The van der Waals surface area contributed by atoms with Gasteiger partial charge < -0.3 is 9.47 Å². The van der Waals surface area contributed by atoms with Crippen LogP contribution in [0.3, 0.4) is 0 Å². The van der Waals surface area contributed by atoms with Gasteiger partial charge in [0.2, 0.25) is 5.75 Å². The molecule has 0 unspecified atom stereocenters. The summed E-state index contributed by atoms with van der Waals surface area (Å²) in [5, 5.41) is 11.0. The maximum absolute atomic E-state index is 10.9. The Morgan fingerprint density at radius 2 is 2.25 bits per heavy atom. The van der Waals surface area contributed by atoms with Gasteiger partial charge >= 0.3 is 5.69 Å². The second-order valence-corrected chi connectivity index (χ2v) is 4.80.